The molecule has 3 unspecified atom stereocenters. The molecule has 0 saturated carbocycles. The van der Waals surface area contributed by atoms with Crippen LogP contribution in [0.2, 0.25) is 0 Å². The Hall–Kier alpha value is -0.870. The second-order valence-corrected chi connectivity index (χ2v) is 6.43. The molecule has 0 bridgehead atoms. The third-order valence-electron chi connectivity index (χ3n) is 3.76. The highest BCUT2D eigenvalue weighted by molar-refractivity contribution is 7.85. The maximum absolute atomic E-state index is 12.0. The average Bonchev–Trinajstić information content (AvgIpc) is 2.38. The van der Waals surface area contributed by atoms with Crippen molar-refractivity contribution in [3.05, 3.63) is 29.3 Å². The summed E-state index contributed by atoms with van der Waals surface area (Å²) < 4.78 is 17.3. The van der Waals surface area contributed by atoms with Crippen LogP contribution in [-0.4, -0.2) is 28.9 Å². The molecule has 92 valence electrons. The minimum atomic E-state index is -0.665. The van der Waals surface area contributed by atoms with E-state index in [9.17, 15) is 4.21 Å². The highest BCUT2D eigenvalue weighted by Gasteiger charge is 2.35. The molecule has 1 heterocycles. The third kappa shape index (κ3) is 1.89. The summed E-state index contributed by atoms with van der Waals surface area (Å²) in [6, 6.07) is 6.52. The standard InChI is InChI=1S/C13H17NO2S/c1-16-10-3-4-11-9(8-10)2-5-12-13(11)14-6-7-17(12)15/h3-4,8,12-14H,2,5-7H2,1H3. The van der Waals surface area contributed by atoms with Gasteiger partial charge in [-0.1, -0.05) is 6.07 Å². The van der Waals surface area contributed by atoms with Crippen LogP contribution in [0.15, 0.2) is 18.2 Å². The highest BCUT2D eigenvalue weighted by atomic mass is 32.2. The van der Waals surface area contributed by atoms with Crippen LogP contribution >= 0.6 is 0 Å². The van der Waals surface area contributed by atoms with Crippen molar-refractivity contribution in [1.82, 2.24) is 5.32 Å². The zero-order valence-corrected chi connectivity index (χ0v) is 10.8. The Morgan fingerprint density at radius 3 is 3.18 bits per heavy atom. The molecule has 3 atom stereocenters. The number of aryl methyl sites for hydroxylation is 1. The van der Waals surface area contributed by atoms with Gasteiger partial charge in [-0.05, 0) is 36.1 Å². The Balaban J connectivity index is 1.98. The van der Waals surface area contributed by atoms with E-state index in [1.165, 1.54) is 11.1 Å². The van der Waals surface area contributed by atoms with Crippen molar-refractivity contribution in [2.45, 2.75) is 24.1 Å². The SMILES string of the molecule is COc1ccc2c(c1)CCC1C2NCCS1=O. The first-order valence-electron chi connectivity index (χ1n) is 6.07. The Kier molecular flexibility index (Phi) is 2.92. The molecule has 0 spiro atoms. The minimum absolute atomic E-state index is 0.277. The van der Waals surface area contributed by atoms with Crippen molar-refractivity contribution in [2.75, 3.05) is 19.4 Å². The molecule has 17 heavy (non-hydrogen) atoms. The van der Waals surface area contributed by atoms with Gasteiger partial charge in [-0.15, -0.1) is 0 Å². The molecule has 0 aromatic heterocycles. The van der Waals surface area contributed by atoms with Crippen LogP contribution < -0.4 is 10.1 Å². The molecule has 1 aromatic carbocycles. The second-order valence-electron chi connectivity index (χ2n) is 4.66. The summed E-state index contributed by atoms with van der Waals surface area (Å²) in [6.45, 7) is 0.860. The normalized spacial score (nSPS) is 31.5. The number of hydrogen-bond donors (Lipinski definition) is 1. The monoisotopic (exact) mass is 251 g/mol. The van der Waals surface area contributed by atoms with Crippen molar-refractivity contribution < 1.29 is 8.95 Å². The van der Waals surface area contributed by atoms with Crippen LogP contribution in [-0.2, 0) is 17.2 Å². The predicted octanol–water partition coefficient (Wildman–Crippen LogP) is 1.40. The van der Waals surface area contributed by atoms with Crippen molar-refractivity contribution in [1.29, 1.82) is 0 Å². The second kappa shape index (κ2) is 4.42. The molecule has 1 aromatic rings. The lowest BCUT2D eigenvalue weighted by molar-refractivity contribution is 0.410. The van der Waals surface area contributed by atoms with Gasteiger partial charge >= 0.3 is 0 Å². The van der Waals surface area contributed by atoms with E-state index in [1.807, 2.05) is 6.07 Å². The van der Waals surface area contributed by atoms with Crippen molar-refractivity contribution in [3.8, 4) is 5.75 Å². The van der Waals surface area contributed by atoms with Crippen LogP contribution in [0.4, 0.5) is 0 Å². The summed E-state index contributed by atoms with van der Waals surface area (Å²) in [5, 5.41) is 3.81. The molecule has 0 amide bonds. The first-order valence-corrected chi connectivity index (χ1v) is 7.45. The van der Waals surface area contributed by atoms with E-state index in [-0.39, 0.29) is 6.04 Å². The minimum Gasteiger partial charge on any atom is -0.497 e. The quantitative estimate of drug-likeness (QED) is 0.820. The lowest BCUT2D eigenvalue weighted by Gasteiger charge is -2.37. The number of hydrogen-bond acceptors (Lipinski definition) is 3. The molecular formula is C13H17NO2S. The topological polar surface area (TPSA) is 38.3 Å². The molecule has 3 nitrogen and oxygen atoms in total. The third-order valence-corrected chi connectivity index (χ3v) is 5.55. The van der Waals surface area contributed by atoms with Gasteiger partial charge in [-0.2, -0.15) is 0 Å². The molecular weight excluding hydrogens is 234 g/mol. The largest absolute Gasteiger partial charge is 0.497 e. The summed E-state index contributed by atoms with van der Waals surface area (Å²) in [4.78, 5) is 0. The van der Waals surface area contributed by atoms with E-state index in [0.717, 1.165) is 30.9 Å². The highest BCUT2D eigenvalue weighted by Crippen LogP contribution is 2.36. The summed E-state index contributed by atoms with van der Waals surface area (Å²) in [6.07, 6.45) is 2.03. The summed E-state index contributed by atoms with van der Waals surface area (Å²) in [7, 11) is 1.03. The van der Waals surface area contributed by atoms with E-state index >= 15 is 0 Å². The molecule has 1 aliphatic heterocycles. The fourth-order valence-electron chi connectivity index (χ4n) is 2.88. The Morgan fingerprint density at radius 1 is 1.47 bits per heavy atom. The molecule has 1 saturated heterocycles. The van der Waals surface area contributed by atoms with Gasteiger partial charge < -0.3 is 10.1 Å². The molecule has 1 fully saturated rings. The molecule has 1 aliphatic carbocycles. The number of benzene rings is 1. The number of fused-ring (bicyclic) bond motifs is 3. The zero-order chi connectivity index (χ0) is 11.8. The van der Waals surface area contributed by atoms with Crippen LogP contribution in [0, 0.1) is 0 Å². The van der Waals surface area contributed by atoms with Crippen LogP contribution in [0.3, 0.4) is 0 Å². The lowest BCUT2D eigenvalue weighted by Crippen LogP contribution is -2.46. The van der Waals surface area contributed by atoms with E-state index < -0.39 is 10.8 Å². The maximum atomic E-state index is 12.0. The zero-order valence-electron chi connectivity index (χ0n) is 9.94. The summed E-state index contributed by atoms with van der Waals surface area (Å²) >= 11 is 0. The van der Waals surface area contributed by atoms with Gasteiger partial charge in [0.15, 0.2) is 0 Å². The first-order chi connectivity index (χ1) is 8.29. The molecule has 1 N–H and O–H groups in total. The van der Waals surface area contributed by atoms with E-state index in [4.69, 9.17) is 4.74 Å². The van der Waals surface area contributed by atoms with Crippen molar-refractivity contribution in [3.63, 3.8) is 0 Å². The first kappa shape index (κ1) is 11.2. The molecule has 2 aliphatic rings. The number of ether oxygens (including phenoxy) is 1. The van der Waals surface area contributed by atoms with Crippen molar-refractivity contribution >= 4 is 10.8 Å². The smallest absolute Gasteiger partial charge is 0.119 e. The van der Waals surface area contributed by atoms with Gasteiger partial charge in [0, 0.05) is 29.1 Å². The Bertz CT molecular complexity index is 461. The predicted molar refractivity (Wildman–Crippen MR) is 68.9 cm³/mol. The van der Waals surface area contributed by atoms with Gasteiger partial charge in [0.2, 0.25) is 0 Å². The Labute approximate surface area is 104 Å². The maximum Gasteiger partial charge on any atom is 0.119 e. The fourth-order valence-corrected chi connectivity index (χ4v) is 4.43. The van der Waals surface area contributed by atoms with Crippen molar-refractivity contribution in [2.24, 2.45) is 0 Å². The lowest BCUT2D eigenvalue weighted by atomic mass is 9.87. The number of rotatable bonds is 1. The van der Waals surface area contributed by atoms with Gasteiger partial charge in [0.25, 0.3) is 0 Å². The number of methoxy groups -OCH3 is 1. The van der Waals surface area contributed by atoms with E-state index in [2.05, 4.69) is 17.4 Å². The molecule has 0 radical (unpaired) electrons. The average molecular weight is 251 g/mol. The van der Waals surface area contributed by atoms with Crippen LogP contribution in [0.1, 0.15) is 23.6 Å². The van der Waals surface area contributed by atoms with E-state index in [0.29, 0.717) is 5.25 Å². The van der Waals surface area contributed by atoms with E-state index in [1.54, 1.807) is 7.11 Å². The van der Waals surface area contributed by atoms with Gasteiger partial charge in [0.05, 0.1) is 12.4 Å². The summed E-state index contributed by atoms with van der Waals surface area (Å²) in [5.41, 5.74) is 2.66. The van der Waals surface area contributed by atoms with Crippen LogP contribution in [0.25, 0.3) is 0 Å². The van der Waals surface area contributed by atoms with Crippen LogP contribution in [0.5, 0.6) is 5.75 Å². The molecule has 4 heteroatoms. The fraction of sp³-hybridized carbons (Fsp3) is 0.538. The summed E-state index contributed by atoms with van der Waals surface area (Å²) in [5.74, 6) is 1.71. The van der Waals surface area contributed by atoms with Gasteiger partial charge in [-0.3, -0.25) is 4.21 Å². The Morgan fingerprint density at radius 2 is 2.35 bits per heavy atom. The number of nitrogens with one attached hydrogen (secondary N) is 1. The van der Waals surface area contributed by atoms with Gasteiger partial charge in [0.1, 0.15) is 5.75 Å². The molecule has 3 rings (SSSR count). The van der Waals surface area contributed by atoms with Gasteiger partial charge in [-0.25, -0.2) is 0 Å².